The molecule has 1 saturated heterocycles. The molecule has 2 heterocycles. The van der Waals surface area contributed by atoms with Gasteiger partial charge in [-0.25, -0.2) is 4.79 Å². The van der Waals surface area contributed by atoms with E-state index < -0.39 is 5.60 Å². The van der Waals surface area contributed by atoms with Crippen molar-refractivity contribution < 1.29 is 14.3 Å². The number of carbonyl (C=O) groups excluding carboxylic acids is 1. The van der Waals surface area contributed by atoms with Gasteiger partial charge in [-0.15, -0.1) is 0 Å². The van der Waals surface area contributed by atoms with Gasteiger partial charge in [0.2, 0.25) is 0 Å². The molecule has 7 heteroatoms. The molecular weight excluding hydrogens is 338 g/mol. The van der Waals surface area contributed by atoms with Crippen LogP contribution in [0, 0.1) is 0 Å². The summed E-state index contributed by atoms with van der Waals surface area (Å²) in [5, 5.41) is 0. The van der Waals surface area contributed by atoms with Crippen LogP contribution in [-0.2, 0) is 4.74 Å². The summed E-state index contributed by atoms with van der Waals surface area (Å²) in [6.45, 7) is 11.5. The molecule has 1 N–H and O–H groups in total. The zero-order chi connectivity index (χ0) is 18.0. The average molecular weight is 365 g/mol. The maximum atomic E-state index is 12.2. The molecule has 0 bridgehead atoms. The molecular formula is C18H27N3O3S. The summed E-state index contributed by atoms with van der Waals surface area (Å²) < 4.78 is 14.8. The lowest BCUT2D eigenvalue weighted by molar-refractivity contribution is 0.0240. The number of rotatable bonds is 1. The van der Waals surface area contributed by atoms with Crippen LogP contribution in [-0.4, -0.2) is 55.4 Å². The maximum Gasteiger partial charge on any atom is 0.410 e. The molecule has 1 unspecified atom stereocenters. The lowest BCUT2D eigenvalue weighted by atomic mass is 10.2. The van der Waals surface area contributed by atoms with Crippen molar-refractivity contribution in [2.45, 2.75) is 44.3 Å². The van der Waals surface area contributed by atoms with Crippen LogP contribution in [0.15, 0.2) is 23.1 Å². The zero-order valence-electron chi connectivity index (χ0n) is 15.4. The molecule has 0 radical (unpaired) electrons. The van der Waals surface area contributed by atoms with Crippen molar-refractivity contribution in [3.8, 4) is 5.75 Å². The maximum absolute atomic E-state index is 12.2. The molecule has 0 aromatic heterocycles. The van der Waals surface area contributed by atoms with E-state index in [1.54, 1.807) is 16.8 Å². The van der Waals surface area contributed by atoms with Gasteiger partial charge in [-0.3, -0.25) is 4.72 Å². The van der Waals surface area contributed by atoms with E-state index in [0.717, 1.165) is 36.0 Å². The van der Waals surface area contributed by atoms with Crippen molar-refractivity contribution >= 4 is 23.7 Å². The van der Waals surface area contributed by atoms with E-state index in [2.05, 4.69) is 34.7 Å². The number of benzene rings is 1. The van der Waals surface area contributed by atoms with Gasteiger partial charge >= 0.3 is 6.09 Å². The predicted octanol–water partition coefficient (Wildman–Crippen LogP) is 3.12. The van der Waals surface area contributed by atoms with Crippen LogP contribution in [0.1, 0.15) is 27.7 Å². The van der Waals surface area contributed by atoms with Crippen molar-refractivity contribution in [3.63, 3.8) is 0 Å². The van der Waals surface area contributed by atoms with Crippen LogP contribution in [0.2, 0.25) is 0 Å². The standard InChI is InChI=1S/C18H27N3O3S/c1-13-12-19-25-16-6-5-14(11-15(16)23-13)20-7-9-21(10-8-20)17(22)24-18(2,3)4/h5-6,11,13,19H,7-10,12H2,1-4H3. The van der Waals surface area contributed by atoms with Crippen molar-refractivity contribution in [3.05, 3.63) is 18.2 Å². The van der Waals surface area contributed by atoms with Gasteiger partial charge < -0.3 is 19.3 Å². The van der Waals surface area contributed by atoms with E-state index in [0.29, 0.717) is 13.1 Å². The van der Waals surface area contributed by atoms with Gasteiger partial charge in [-0.1, -0.05) is 0 Å². The molecule has 3 rings (SSSR count). The Labute approximate surface area is 154 Å². The first-order chi connectivity index (χ1) is 11.8. The first-order valence-corrected chi connectivity index (χ1v) is 9.57. The molecule has 2 aliphatic rings. The number of nitrogens with one attached hydrogen (secondary N) is 1. The Hall–Kier alpha value is -1.60. The summed E-state index contributed by atoms with van der Waals surface area (Å²) in [5.41, 5.74) is 0.683. The molecule has 1 aromatic carbocycles. The van der Waals surface area contributed by atoms with Crippen LogP contribution in [0.3, 0.4) is 0 Å². The first-order valence-electron chi connectivity index (χ1n) is 8.75. The predicted molar refractivity (Wildman–Crippen MR) is 100 cm³/mol. The number of hydrogen-bond donors (Lipinski definition) is 1. The summed E-state index contributed by atoms with van der Waals surface area (Å²) in [6, 6.07) is 6.32. The summed E-state index contributed by atoms with van der Waals surface area (Å²) >= 11 is 1.62. The minimum Gasteiger partial charge on any atom is -0.488 e. The van der Waals surface area contributed by atoms with Gasteiger partial charge in [-0.2, -0.15) is 0 Å². The fourth-order valence-electron chi connectivity index (χ4n) is 2.84. The molecule has 25 heavy (non-hydrogen) atoms. The second kappa shape index (κ2) is 7.33. The molecule has 0 spiro atoms. The highest BCUT2D eigenvalue weighted by molar-refractivity contribution is 7.97. The molecule has 2 aliphatic heterocycles. The van der Waals surface area contributed by atoms with Crippen molar-refractivity contribution in [1.29, 1.82) is 0 Å². The lowest BCUT2D eigenvalue weighted by Gasteiger charge is -2.37. The Balaban J connectivity index is 1.62. The minimum atomic E-state index is -0.453. The summed E-state index contributed by atoms with van der Waals surface area (Å²) in [5.74, 6) is 0.926. The van der Waals surface area contributed by atoms with Gasteiger partial charge in [0, 0.05) is 44.5 Å². The Morgan fingerprint density at radius 3 is 2.68 bits per heavy atom. The molecule has 1 fully saturated rings. The van der Waals surface area contributed by atoms with Crippen molar-refractivity contribution in [2.24, 2.45) is 0 Å². The van der Waals surface area contributed by atoms with E-state index in [1.165, 1.54) is 0 Å². The molecule has 138 valence electrons. The number of piperazine rings is 1. The number of fused-ring (bicyclic) bond motifs is 1. The monoisotopic (exact) mass is 365 g/mol. The van der Waals surface area contributed by atoms with Crippen molar-refractivity contribution in [2.75, 3.05) is 37.6 Å². The highest BCUT2D eigenvalue weighted by Crippen LogP contribution is 2.34. The van der Waals surface area contributed by atoms with Crippen LogP contribution in [0.5, 0.6) is 5.75 Å². The van der Waals surface area contributed by atoms with Gasteiger partial charge in [0.05, 0.1) is 4.90 Å². The molecule has 1 amide bonds. The normalized spacial score (nSPS) is 21.2. The van der Waals surface area contributed by atoms with Gasteiger partial charge in [-0.05, 0) is 51.8 Å². The molecule has 1 aromatic rings. The highest BCUT2D eigenvalue weighted by atomic mass is 32.2. The van der Waals surface area contributed by atoms with E-state index in [1.807, 2.05) is 20.8 Å². The summed E-state index contributed by atoms with van der Waals surface area (Å²) in [4.78, 5) is 17.4. The molecule has 1 atom stereocenters. The lowest BCUT2D eigenvalue weighted by Crippen LogP contribution is -2.50. The van der Waals surface area contributed by atoms with Gasteiger partial charge in [0.25, 0.3) is 0 Å². The fraction of sp³-hybridized carbons (Fsp3) is 0.611. The number of ether oxygens (including phenoxy) is 2. The van der Waals surface area contributed by atoms with Crippen LogP contribution in [0.25, 0.3) is 0 Å². The van der Waals surface area contributed by atoms with E-state index >= 15 is 0 Å². The fourth-order valence-corrected chi connectivity index (χ4v) is 3.66. The van der Waals surface area contributed by atoms with E-state index in [-0.39, 0.29) is 12.2 Å². The number of nitrogens with zero attached hydrogens (tertiary/aromatic N) is 2. The van der Waals surface area contributed by atoms with E-state index in [4.69, 9.17) is 9.47 Å². The quantitative estimate of drug-likeness (QED) is 0.772. The number of anilines is 1. The second-order valence-electron chi connectivity index (χ2n) is 7.46. The van der Waals surface area contributed by atoms with Gasteiger partial charge in [0.1, 0.15) is 17.5 Å². The third-order valence-corrected chi connectivity index (χ3v) is 4.97. The van der Waals surface area contributed by atoms with Gasteiger partial charge in [0.15, 0.2) is 0 Å². The van der Waals surface area contributed by atoms with Crippen LogP contribution >= 0.6 is 11.9 Å². The average Bonchev–Trinajstić information content (AvgIpc) is 2.73. The Kier molecular flexibility index (Phi) is 5.34. The third-order valence-electron chi connectivity index (χ3n) is 4.10. The Morgan fingerprint density at radius 2 is 2.00 bits per heavy atom. The Bertz CT molecular complexity index is 624. The molecule has 6 nitrogen and oxygen atoms in total. The summed E-state index contributed by atoms with van der Waals surface area (Å²) in [7, 11) is 0. The third kappa shape index (κ3) is 4.73. The van der Waals surface area contributed by atoms with Crippen LogP contribution < -0.4 is 14.4 Å². The summed E-state index contributed by atoms with van der Waals surface area (Å²) in [6.07, 6.45) is -0.0817. The minimum absolute atomic E-state index is 0.146. The largest absolute Gasteiger partial charge is 0.488 e. The molecule has 0 aliphatic carbocycles. The number of hydrogen-bond acceptors (Lipinski definition) is 6. The van der Waals surface area contributed by atoms with E-state index in [9.17, 15) is 4.79 Å². The second-order valence-corrected chi connectivity index (χ2v) is 8.40. The number of carbonyl (C=O) groups is 1. The highest BCUT2D eigenvalue weighted by Gasteiger charge is 2.26. The van der Waals surface area contributed by atoms with Crippen molar-refractivity contribution in [1.82, 2.24) is 9.62 Å². The topological polar surface area (TPSA) is 54.0 Å². The SMILES string of the molecule is CC1CNSc2ccc(N3CCN(C(=O)OC(C)(C)C)CC3)cc2O1. The van der Waals surface area contributed by atoms with Crippen LogP contribution in [0.4, 0.5) is 10.5 Å². The first kappa shape index (κ1) is 18.2. The smallest absolute Gasteiger partial charge is 0.410 e. The zero-order valence-corrected chi connectivity index (χ0v) is 16.2. The molecule has 0 saturated carbocycles. The Morgan fingerprint density at radius 1 is 1.28 bits per heavy atom. The number of amides is 1.